The molecule has 1 aliphatic carbocycles. The normalized spacial score (nSPS) is 16.8. The molecule has 1 fully saturated rings. The van der Waals surface area contributed by atoms with Gasteiger partial charge in [0.05, 0.1) is 19.3 Å². The summed E-state index contributed by atoms with van der Waals surface area (Å²) in [4.78, 5) is 0. The van der Waals surface area contributed by atoms with Crippen molar-refractivity contribution < 1.29 is 14.2 Å². The molecule has 4 nitrogen and oxygen atoms in total. The molecule has 0 aromatic rings. The molecule has 0 saturated heterocycles. The van der Waals surface area contributed by atoms with Gasteiger partial charge in [-0.1, -0.05) is 12.8 Å². The van der Waals surface area contributed by atoms with Crippen molar-refractivity contribution in [3.63, 3.8) is 0 Å². The summed E-state index contributed by atoms with van der Waals surface area (Å²) < 4.78 is 16.1. The van der Waals surface area contributed by atoms with Crippen LogP contribution in [-0.4, -0.2) is 52.7 Å². The average Bonchev–Trinajstić information content (AvgIpc) is 2.85. The minimum absolute atomic E-state index is 0.530. The number of ether oxygens (including phenoxy) is 3. The van der Waals surface area contributed by atoms with Crippen molar-refractivity contribution in [2.75, 3.05) is 46.6 Å². The second kappa shape index (κ2) is 11.0. The van der Waals surface area contributed by atoms with E-state index in [9.17, 15) is 0 Å². The van der Waals surface area contributed by atoms with E-state index in [0.717, 1.165) is 45.9 Å². The summed E-state index contributed by atoms with van der Waals surface area (Å²) in [5.41, 5.74) is 0. The van der Waals surface area contributed by atoms with Gasteiger partial charge in [-0.25, -0.2) is 0 Å². The second-order valence-electron chi connectivity index (χ2n) is 4.49. The average molecular weight is 245 g/mol. The number of methoxy groups -OCH3 is 1. The van der Waals surface area contributed by atoms with Gasteiger partial charge >= 0.3 is 0 Å². The van der Waals surface area contributed by atoms with Gasteiger partial charge < -0.3 is 19.5 Å². The van der Waals surface area contributed by atoms with Gasteiger partial charge in [-0.05, 0) is 19.3 Å². The molecule has 0 atom stereocenters. The zero-order valence-electron chi connectivity index (χ0n) is 11.1. The van der Waals surface area contributed by atoms with Gasteiger partial charge in [-0.3, -0.25) is 0 Å². The van der Waals surface area contributed by atoms with Gasteiger partial charge in [0.15, 0.2) is 0 Å². The fraction of sp³-hybridized carbons (Fsp3) is 1.00. The van der Waals surface area contributed by atoms with Crippen molar-refractivity contribution in [2.24, 2.45) is 0 Å². The maximum Gasteiger partial charge on any atom is 0.0594 e. The molecule has 0 aromatic heterocycles. The van der Waals surface area contributed by atoms with Crippen LogP contribution in [0.25, 0.3) is 0 Å². The Morgan fingerprint density at radius 1 is 1.00 bits per heavy atom. The third-order valence-electron chi connectivity index (χ3n) is 2.99. The van der Waals surface area contributed by atoms with Crippen LogP contribution in [0.15, 0.2) is 0 Å². The van der Waals surface area contributed by atoms with Crippen molar-refractivity contribution in [3.8, 4) is 0 Å². The highest BCUT2D eigenvalue weighted by Gasteiger charge is 2.14. The molecule has 1 saturated carbocycles. The van der Waals surface area contributed by atoms with E-state index in [1.165, 1.54) is 25.7 Å². The quantitative estimate of drug-likeness (QED) is 0.561. The standard InChI is InChI=1S/C13H27NO3/c1-15-9-4-10-16-11-7-14-8-12-17-13-5-2-3-6-13/h13-14H,2-12H2,1H3. The Bertz CT molecular complexity index is 161. The first-order valence-corrected chi connectivity index (χ1v) is 6.82. The van der Waals surface area contributed by atoms with Gasteiger partial charge in [0.25, 0.3) is 0 Å². The van der Waals surface area contributed by atoms with Crippen molar-refractivity contribution in [3.05, 3.63) is 0 Å². The van der Waals surface area contributed by atoms with Crippen LogP contribution < -0.4 is 5.32 Å². The topological polar surface area (TPSA) is 39.7 Å². The predicted molar refractivity (Wildman–Crippen MR) is 68.4 cm³/mol. The zero-order valence-corrected chi connectivity index (χ0v) is 11.1. The first-order valence-electron chi connectivity index (χ1n) is 6.82. The number of nitrogens with one attached hydrogen (secondary N) is 1. The maximum absolute atomic E-state index is 5.74. The lowest BCUT2D eigenvalue weighted by atomic mass is 10.3. The van der Waals surface area contributed by atoms with Crippen LogP contribution in [-0.2, 0) is 14.2 Å². The van der Waals surface area contributed by atoms with Gasteiger partial charge in [-0.15, -0.1) is 0 Å². The molecule has 17 heavy (non-hydrogen) atoms. The molecular formula is C13H27NO3. The van der Waals surface area contributed by atoms with Crippen LogP contribution >= 0.6 is 0 Å². The van der Waals surface area contributed by atoms with Crippen molar-refractivity contribution in [1.29, 1.82) is 0 Å². The highest BCUT2D eigenvalue weighted by molar-refractivity contribution is 4.66. The SMILES string of the molecule is COCCCOCCNCCOC1CCCC1. The van der Waals surface area contributed by atoms with Crippen LogP contribution in [0.4, 0.5) is 0 Å². The first kappa shape index (κ1) is 14.9. The molecule has 0 heterocycles. The van der Waals surface area contributed by atoms with Gasteiger partial charge in [0, 0.05) is 33.4 Å². The molecule has 0 aromatic carbocycles. The molecule has 0 bridgehead atoms. The van der Waals surface area contributed by atoms with E-state index < -0.39 is 0 Å². The summed E-state index contributed by atoms with van der Waals surface area (Å²) in [5.74, 6) is 0. The Morgan fingerprint density at radius 2 is 1.76 bits per heavy atom. The second-order valence-corrected chi connectivity index (χ2v) is 4.49. The molecule has 1 rings (SSSR count). The van der Waals surface area contributed by atoms with Crippen molar-refractivity contribution in [2.45, 2.75) is 38.2 Å². The largest absolute Gasteiger partial charge is 0.385 e. The van der Waals surface area contributed by atoms with E-state index in [1.807, 2.05) is 0 Å². The Kier molecular flexibility index (Phi) is 9.61. The Balaban J connectivity index is 1.69. The summed E-state index contributed by atoms with van der Waals surface area (Å²) in [6, 6.07) is 0. The number of rotatable bonds is 11. The zero-order chi connectivity index (χ0) is 12.2. The molecule has 0 aliphatic heterocycles. The van der Waals surface area contributed by atoms with E-state index in [2.05, 4.69) is 5.32 Å². The summed E-state index contributed by atoms with van der Waals surface area (Å²) in [7, 11) is 1.71. The van der Waals surface area contributed by atoms with Crippen LogP contribution in [0.5, 0.6) is 0 Å². The van der Waals surface area contributed by atoms with E-state index >= 15 is 0 Å². The minimum atomic E-state index is 0.530. The predicted octanol–water partition coefficient (Wildman–Crippen LogP) is 1.59. The van der Waals surface area contributed by atoms with Gasteiger partial charge in [0.1, 0.15) is 0 Å². The fourth-order valence-corrected chi connectivity index (χ4v) is 2.03. The maximum atomic E-state index is 5.74. The summed E-state index contributed by atoms with van der Waals surface area (Å²) in [6.45, 7) is 5.00. The minimum Gasteiger partial charge on any atom is -0.385 e. The van der Waals surface area contributed by atoms with E-state index in [1.54, 1.807) is 7.11 Å². The highest BCUT2D eigenvalue weighted by Crippen LogP contribution is 2.20. The van der Waals surface area contributed by atoms with Gasteiger partial charge in [-0.2, -0.15) is 0 Å². The Hall–Kier alpha value is -0.160. The van der Waals surface area contributed by atoms with Gasteiger partial charge in [0.2, 0.25) is 0 Å². The highest BCUT2D eigenvalue weighted by atomic mass is 16.5. The molecule has 0 spiro atoms. The molecule has 102 valence electrons. The smallest absolute Gasteiger partial charge is 0.0594 e. The molecule has 0 unspecified atom stereocenters. The van der Waals surface area contributed by atoms with Crippen molar-refractivity contribution in [1.82, 2.24) is 5.32 Å². The van der Waals surface area contributed by atoms with E-state index in [0.29, 0.717) is 6.10 Å². The number of hydrogen-bond acceptors (Lipinski definition) is 4. The third-order valence-corrected chi connectivity index (χ3v) is 2.99. The first-order chi connectivity index (χ1) is 8.43. The lowest BCUT2D eigenvalue weighted by Crippen LogP contribution is -2.25. The molecule has 1 aliphatic rings. The summed E-state index contributed by atoms with van der Waals surface area (Å²) in [5, 5.41) is 3.32. The van der Waals surface area contributed by atoms with E-state index in [4.69, 9.17) is 14.2 Å². The van der Waals surface area contributed by atoms with Crippen molar-refractivity contribution >= 4 is 0 Å². The van der Waals surface area contributed by atoms with Crippen LogP contribution in [0, 0.1) is 0 Å². The lowest BCUT2D eigenvalue weighted by Gasteiger charge is -2.11. The molecule has 0 amide bonds. The molecule has 1 N–H and O–H groups in total. The summed E-state index contributed by atoms with van der Waals surface area (Å²) >= 11 is 0. The van der Waals surface area contributed by atoms with Crippen LogP contribution in [0.2, 0.25) is 0 Å². The van der Waals surface area contributed by atoms with Crippen LogP contribution in [0.1, 0.15) is 32.1 Å². The Morgan fingerprint density at radius 3 is 2.53 bits per heavy atom. The summed E-state index contributed by atoms with van der Waals surface area (Å²) in [6.07, 6.45) is 6.69. The monoisotopic (exact) mass is 245 g/mol. The number of hydrogen-bond donors (Lipinski definition) is 1. The molecule has 4 heteroatoms. The lowest BCUT2D eigenvalue weighted by molar-refractivity contribution is 0.0582. The fourth-order valence-electron chi connectivity index (χ4n) is 2.03. The molecule has 0 radical (unpaired) electrons. The Labute approximate surface area is 105 Å². The molecular weight excluding hydrogens is 218 g/mol. The van der Waals surface area contributed by atoms with E-state index in [-0.39, 0.29) is 0 Å². The third kappa shape index (κ3) is 8.55. The van der Waals surface area contributed by atoms with Crippen LogP contribution in [0.3, 0.4) is 0 Å².